The molecule has 2 N–H and O–H groups in total. The maximum atomic E-state index is 11.4. The molecular weight excluding hydrogens is 210 g/mol. The minimum atomic E-state index is -1.12. The molecule has 6 nitrogen and oxygen atoms in total. The third kappa shape index (κ3) is 5.32. The monoisotopic (exact) mass is 227 g/mol. The summed E-state index contributed by atoms with van der Waals surface area (Å²) < 4.78 is 4.74. The molecule has 0 aromatic carbocycles. The van der Waals surface area contributed by atoms with Gasteiger partial charge in [0.2, 0.25) is 11.8 Å². The molecule has 6 heteroatoms. The van der Waals surface area contributed by atoms with E-state index in [2.05, 4.69) is 10.6 Å². The van der Waals surface area contributed by atoms with Crippen LogP contribution >= 0.6 is 0 Å². The minimum Gasteiger partial charge on any atom is -0.383 e. The van der Waals surface area contributed by atoms with Crippen LogP contribution in [0.3, 0.4) is 0 Å². The fourth-order valence-corrected chi connectivity index (χ4v) is 0.787. The van der Waals surface area contributed by atoms with Gasteiger partial charge >= 0.3 is 0 Å². The second-order valence-corrected chi connectivity index (χ2v) is 3.76. The highest BCUT2D eigenvalue weighted by Gasteiger charge is 2.27. The first-order valence-corrected chi connectivity index (χ1v) is 4.89. The van der Waals surface area contributed by atoms with E-state index in [0.717, 1.165) is 0 Å². The maximum Gasteiger partial charge on any atom is 0.240 e. The zero-order chi connectivity index (χ0) is 12.6. The standard InChI is InChI=1S/C10H17N3O3/c1-10(2,7-11)9(15)13-6-8(14)12-4-5-16-3/h4-6H2,1-3H3,(H,12,14)(H,13,15). The van der Waals surface area contributed by atoms with Crippen molar-refractivity contribution in [1.82, 2.24) is 10.6 Å². The largest absolute Gasteiger partial charge is 0.383 e. The van der Waals surface area contributed by atoms with Gasteiger partial charge in [-0.15, -0.1) is 0 Å². The quantitative estimate of drug-likeness (QED) is 0.594. The molecule has 0 aliphatic heterocycles. The van der Waals surface area contributed by atoms with Gasteiger partial charge in [-0.2, -0.15) is 5.26 Å². The third-order valence-corrected chi connectivity index (χ3v) is 1.89. The summed E-state index contributed by atoms with van der Waals surface area (Å²) in [7, 11) is 1.53. The van der Waals surface area contributed by atoms with Gasteiger partial charge in [-0.1, -0.05) is 0 Å². The SMILES string of the molecule is COCCNC(=O)CNC(=O)C(C)(C)C#N. The van der Waals surface area contributed by atoms with E-state index in [4.69, 9.17) is 10.00 Å². The summed E-state index contributed by atoms with van der Waals surface area (Å²) in [4.78, 5) is 22.6. The molecule has 0 fully saturated rings. The van der Waals surface area contributed by atoms with E-state index in [1.165, 1.54) is 21.0 Å². The lowest BCUT2D eigenvalue weighted by Crippen LogP contribution is -2.42. The van der Waals surface area contributed by atoms with E-state index >= 15 is 0 Å². The fraction of sp³-hybridized carbons (Fsp3) is 0.700. The molecule has 0 rings (SSSR count). The number of hydrogen-bond donors (Lipinski definition) is 2. The zero-order valence-electron chi connectivity index (χ0n) is 9.79. The van der Waals surface area contributed by atoms with Gasteiger partial charge in [0.1, 0.15) is 5.41 Å². The Balaban J connectivity index is 3.85. The number of carbonyl (C=O) groups is 2. The summed E-state index contributed by atoms with van der Waals surface area (Å²) in [6.07, 6.45) is 0. The number of nitriles is 1. The van der Waals surface area contributed by atoms with Gasteiger partial charge in [0, 0.05) is 13.7 Å². The number of amides is 2. The first-order chi connectivity index (χ1) is 7.44. The van der Waals surface area contributed by atoms with Crippen molar-refractivity contribution < 1.29 is 14.3 Å². The number of ether oxygens (including phenoxy) is 1. The average molecular weight is 227 g/mol. The van der Waals surface area contributed by atoms with Gasteiger partial charge < -0.3 is 15.4 Å². The number of methoxy groups -OCH3 is 1. The van der Waals surface area contributed by atoms with Crippen LogP contribution < -0.4 is 10.6 Å². The van der Waals surface area contributed by atoms with Crippen LogP contribution in [-0.4, -0.2) is 38.6 Å². The Morgan fingerprint density at radius 3 is 2.50 bits per heavy atom. The smallest absolute Gasteiger partial charge is 0.240 e. The van der Waals surface area contributed by atoms with Crippen LogP contribution in [0.25, 0.3) is 0 Å². The average Bonchev–Trinajstić information content (AvgIpc) is 2.26. The third-order valence-electron chi connectivity index (χ3n) is 1.89. The van der Waals surface area contributed by atoms with Crippen molar-refractivity contribution in [3.8, 4) is 6.07 Å². The number of rotatable bonds is 6. The summed E-state index contributed by atoms with van der Waals surface area (Å²) in [5.41, 5.74) is -1.12. The molecule has 0 saturated heterocycles. The predicted octanol–water partition coefficient (Wildman–Crippen LogP) is -0.585. The fourth-order valence-electron chi connectivity index (χ4n) is 0.787. The van der Waals surface area contributed by atoms with E-state index in [9.17, 15) is 9.59 Å². The van der Waals surface area contributed by atoms with E-state index in [1.54, 1.807) is 0 Å². The Kier molecular flexibility index (Phi) is 6.11. The molecule has 0 saturated carbocycles. The van der Waals surface area contributed by atoms with Crippen LogP contribution in [0.15, 0.2) is 0 Å². The molecule has 0 aromatic heterocycles. The lowest BCUT2D eigenvalue weighted by atomic mass is 9.95. The minimum absolute atomic E-state index is 0.131. The van der Waals surface area contributed by atoms with Crippen molar-refractivity contribution >= 4 is 11.8 Å². The topological polar surface area (TPSA) is 91.2 Å². The van der Waals surface area contributed by atoms with E-state index < -0.39 is 11.3 Å². The summed E-state index contributed by atoms with van der Waals surface area (Å²) in [5.74, 6) is -0.768. The van der Waals surface area contributed by atoms with Crippen molar-refractivity contribution in [3.63, 3.8) is 0 Å². The molecule has 16 heavy (non-hydrogen) atoms. The lowest BCUT2D eigenvalue weighted by molar-refractivity contribution is -0.129. The van der Waals surface area contributed by atoms with Gasteiger partial charge in [-0.25, -0.2) is 0 Å². The van der Waals surface area contributed by atoms with E-state index in [-0.39, 0.29) is 12.5 Å². The number of carbonyl (C=O) groups excluding carboxylic acids is 2. The Labute approximate surface area is 95.0 Å². The first kappa shape index (κ1) is 14.4. The van der Waals surface area contributed by atoms with Gasteiger partial charge in [0.25, 0.3) is 0 Å². The van der Waals surface area contributed by atoms with Crippen molar-refractivity contribution in [2.45, 2.75) is 13.8 Å². The molecule has 2 amide bonds. The first-order valence-electron chi connectivity index (χ1n) is 4.89. The van der Waals surface area contributed by atoms with Crippen molar-refractivity contribution in [3.05, 3.63) is 0 Å². The van der Waals surface area contributed by atoms with Gasteiger partial charge in [-0.05, 0) is 13.8 Å². The van der Waals surface area contributed by atoms with Crippen LogP contribution in [0.4, 0.5) is 0 Å². The molecule has 0 atom stereocenters. The van der Waals surface area contributed by atoms with E-state index in [1.807, 2.05) is 6.07 Å². The van der Waals surface area contributed by atoms with Crippen LogP contribution in [0.1, 0.15) is 13.8 Å². The molecule has 0 aromatic rings. The summed E-state index contributed by atoms with van der Waals surface area (Å²) >= 11 is 0. The van der Waals surface area contributed by atoms with Gasteiger partial charge in [0.05, 0.1) is 19.2 Å². The summed E-state index contributed by atoms with van der Waals surface area (Å²) in [6, 6.07) is 1.85. The number of nitrogens with one attached hydrogen (secondary N) is 2. The van der Waals surface area contributed by atoms with Gasteiger partial charge in [0.15, 0.2) is 0 Å². The molecule has 0 bridgehead atoms. The van der Waals surface area contributed by atoms with Crippen molar-refractivity contribution in [2.75, 3.05) is 26.8 Å². The normalized spacial score (nSPS) is 10.4. The van der Waals surface area contributed by atoms with Crippen LogP contribution in [0.5, 0.6) is 0 Å². The molecule has 0 spiro atoms. The van der Waals surface area contributed by atoms with Crippen molar-refractivity contribution in [2.24, 2.45) is 5.41 Å². The highest BCUT2D eigenvalue weighted by Crippen LogP contribution is 2.11. The molecule has 0 heterocycles. The lowest BCUT2D eigenvalue weighted by Gasteiger charge is -2.14. The molecule has 0 aliphatic carbocycles. The Hall–Kier alpha value is -1.61. The van der Waals surface area contributed by atoms with Crippen LogP contribution in [0.2, 0.25) is 0 Å². The molecule has 90 valence electrons. The summed E-state index contributed by atoms with van der Waals surface area (Å²) in [5, 5.41) is 13.6. The Morgan fingerprint density at radius 1 is 1.38 bits per heavy atom. The molecule has 0 aliphatic rings. The molecule has 0 unspecified atom stereocenters. The number of hydrogen-bond acceptors (Lipinski definition) is 4. The second-order valence-electron chi connectivity index (χ2n) is 3.76. The van der Waals surface area contributed by atoms with Crippen molar-refractivity contribution in [1.29, 1.82) is 5.26 Å². The zero-order valence-corrected chi connectivity index (χ0v) is 9.79. The molecule has 0 radical (unpaired) electrons. The van der Waals surface area contributed by atoms with Gasteiger partial charge in [-0.3, -0.25) is 9.59 Å². The molecular formula is C10H17N3O3. The maximum absolute atomic E-state index is 11.4. The second kappa shape index (κ2) is 6.80. The highest BCUT2D eigenvalue weighted by atomic mass is 16.5. The Morgan fingerprint density at radius 2 is 2.00 bits per heavy atom. The van der Waals surface area contributed by atoms with Crippen LogP contribution in [0, 0.1) is 16.7 Å². The number of nitrogens with zero attached hydrogens (tertiary/aromatic N) is 1. The predicted molar refractivity (Wildman–Crippen MR) is 57.3 cm³/mol. The van der Waals surface area contributed by atoms with E-state index in [0.29, 0.717) is 13.2 Å². The van der Waals surface area contributed by atoms with Crippen LogP contribution in [-0.2, 0) is 14.3 Å². The highest BCUT2D eigenvalue weighted by molar-refractivity contribution is 5.88. The Bertz CT molecular complexity index is 294. The summed E-state index contributed by atoms with van der Waals surface area (Å²) in [6.45, 7) is 3.67.